The van der Waals surface area contributed by atoms with E-state index in [1.165, 1.54) is 10.9 Å². The molecule has 2 heterocycles. The summed E-state index contributed by atoms with van der Waals surface area (Å²) in [5.41, 5.74) is 1.24. The molecule has 0 aliphatic heterocycles. The van der Waals surface area contributed by atoms with Gasteiger partial charge in [0.25, 0.3) is 5.56 Å². The van der Waals surface area contributed by atoms with Crippen LogP contribution in [0.15, 0.2) is 62.6 Å². The van der Waals surface area contributed by atoms with Crippen molar-refractivity contribution in [1.29, 1.82) is 0 Å². The largest absolute Gasteiger partial charge is 0.497 e. The van der Waals surface area contributed by atoms with Crippen LogP contribution in [0.4, 0.5) is 0 Å². The Balaban J connectivity index is 1.66. The molecule has 0 saturated heterocycles. The first-order valence-corrected chi connectivity index (χ1v) is 8.55. The van der Waals surface area contributed by atoms with Crippen LogP contribution in [0.1, 0.15) is 5.89 Å². The highest BCUT2D eigenvalue weighted by Gasteiger charge is 2.12. The van der Waals surface area contributed by atoms with Gasteiger partial charge in [0.2, 0.25) is 11.7 Å². The second-order valence-corrected chi connectivity index (χ2v) is 6.50. The van der Waals surface area contributed by atoms with Crippen LogP contribution in [-0.4, -0.2) is 26.8 Å². The van der Waals surface area contributed by atoms with Gasteiger partial charge in [-0.05, 0) is 30.3 Å². The Bertz CT molecular complexity index is 1150. The highest BCUT2D eigenvalue weighted by Crippen LogP contribution is 2.21. The summed E-state index contributed by atoms with van der Waals surface area (Å²) in [7, 11) is 1.60. The summed E-state index contributed by atoms with van der Waals surface area (Å²) in [5, 5.41) is 4.50. The molecule has 0 spiro atoms. The molecule has 0 aliphatic rings. The highest BCUT2D eigenvalue weighted by molar-refractivity contribution is 9.10. The molecular weight excluding hydrogens is 400 g/mol. The SMILES string of the molecule is COc1cccc(-c2noc(Cn3cnc4ccc(Br)cc4c3=O)n2)c1. The van der Waals surface area contributed by atoms with Crippen LogP contribution >= 0.6 is 15.9 Å². The zero-order valence-electron chi connectivity index (χ0n) is 13.7. The average molecular weight is 413 g/mol. The zero-order chi connectivity index (χ0) is 18.1. The minimum Gasteiger partial charge on any atom is -0.497 e. The number of halogens is 1. The van der Waals surface area contributed by atoms with Gasteiger partial charge in [0.15, 0.2) is 0 Å². The summed E-state index contributed by atoms with van der Waals surface area (Å²) in [4.78, 5) is 21.3. The average Bonchev–Trinajstić information content (AvgIpc) is 3.13. The first-order chi connectivity index (χ1) is 12.6. The highest BCUT2D eigenvalue weighted by atomic mass is 79.9. The molecule has 2 aromatic carbocycles. The van der Waals surface area contributed by atoms with Gasteiger partial charge >= 0.3 is 0 Å². The third kappa shape index (κ3) is 3.11. The monoisotopic (exact) mass is 412 g/mol. The number of rotatable bonds is 4. The summed E-state index contributed by atoms with van der Waals surface area (Å²) in [5.74, 6) is 1.46. The Morgan fingerprint density at radius 1 is 1.23 bits per heavy atom. The minimum atomic E-state index is -0.169. The van der Waals surface area contributed by atoms with E-state index >= 15 is 0 Å². The lowest BCUT2D eigenvalue weighted by Gasteiger charge is -2.04. The lowest BCUT2D eigenvalue weighted by atomic mass is 10.2. The van der Waals surface area contributed by atoms with Gasteiger partial charge in [-0.1, -0.05) is 33.2 Å². The van der Waals surface area contributed by atoms with Crippen molar-refractivity contribution in [3.63, 3.8) is 0 Å². The quantitative estimate of drug-likeness (QED) is 0.511. The van der Waals surface area contributed by atoms with Crippen molar-refractivity contribution < 1.29 is 9.26 Å². The molecule has 4 rings (SSSR count). The smallest absolute Gasteiger partial charge is 0.261 e. The predicted octanol–water partition coefficient (Wildman–Crippen LogP) is 3.27. The van der Waals surface area contributed by atoms with Crippen molar-refractivity contribution >= 4 is 26.8 Å². The van der Waals surface area contributed by atoms with Crippen molar-refractivity contribution in [1.82, 2.24) is 19.7 Å². The summed E-state index contributed by atoms with van der Waals surface area (Å²) in [6.07, 6.45) is 1.48. The zero-order valence-corrected chi connectivity index (χ0v) is 15.3. The molecule has 4 aromatic rings. The minimum absolute atomic E-state index is 0.144. The molecule has 0 radical (unpaired) electrons. The standard InChI is InChI=1S/C18H13BrN4O3/c1-25-13-4-2-3-11(7-13)17-21-16(26-22-17)9-23-10-20-15-6-5-12(19)8-14(15)18(23)24/h2-8,10H,9H2,1H3. The normalized spacial score (nSPS) is 11.0. The van der Waals surface area contributed by atoms with Crippen LogP contribution in [0.25, 0.3) is 22.3 Å². The van der Waals surface area contributed by atoms with Gasteiger partial charge in [0.05, 0.1) is 24.3 Å². The van der Waals surface area contributed by atoms with Gasteiger partial charge in [-0.3, -0.25) is 9.36 Å². The number of ether oxygens (including phenoxy) is 1. The van der Waals surface area contributed by atoms with E-state index in [2.05, 4.69) is 31.1 Å². The summed E-state index contributed by atoms with van der Waals surface area (Å²) in [6, 6.07) is 12.7. The molecule has 0 N–H and O–H groups in total. The van der Waals surface area contributed by atoms with Crippen LogP contribution in [0.5, 0.6) is 5.75 Å². The Labute approximate surface area is 156 Å². The molecule has 0 unspecified atom stereocenters. The number of hydrogen-bond acceptors (Lipinski definition) is 6. The van der Waals surface area contributed by atoms with E-state index in [-0.39, 0.29) is 12.1 Å². The molecule has 0 aliphatic carbocycles. The molecule has 7 nitrogen and oxygen atoms in total. The lowest BCUT2D eigenvalue weighted by molar-refractivity contribution is 0.369. The molecule has 0 bridgehead atoms. The third-order valence-electron chi connectivity index (χ3n) is 3.89. The van der Waals surface area contributed by atoms with Crippen LogP contribution in [-0.2, 0) is 6.54 Å². The number of nitrogens with zero attached hydrogens (tertiary/aromatic N) is 4. The lowest BCUT2D eigenvalue weighted by Crippen LogP contribution is -2.21. The molecule has 8 heteroatoms. The summed E-state index contributed by atoms with van der Waals surface area (Å²) in [6.45, 7) is 0.144. The van der Waals surface area contributed by atoms with Crippen LogP contribution < -0.4 is 10.3 Å². The fourth-order valence-electron chi connectivity index (χ4n) is 2.59. The number of methoxy groups -OCH3 is 1. The van der Waals surface area contributed by atoms with Gasteiger partial charge in [-0.25, -0.2) is 4.98 Å². The predicted molar refractivity (Wildman–Crippen MR) is 99.1 cm³/mol. The Hall–Kier alpha value is -3.00. The summed E-state index contributed by atoms with van der Waals surface area (Å²) >= 11 is 3.37. The van der Waals surface area contributed by atoms with Gasteiger partial charge in [0.1, 0.15) is 12.3 Å². The number of benzene rings is 2. The van der Waals surface area contributed by atoms with Gasteiger partial charge < -0.3 is 9.26 Å². The van der Waals surface area contributed by atoms with Crippen molar-refractivity contribution in [3.05, 3.63) is 69.5 Å². The van der Waals surface area contributed by atoms with Crippen molar-refractivity contribution in [3.8, 4) is 17.1 Å². The number of hydrogen-bond donors (Lipinski definition) is 0. The number of aromatic nitrogens is 4. The van der Waals surface area contributed by atoms with Crippen molar-refractivity contribution in [2.45, 2.75) is 6.54 Å². The van der Waals surface area contributed by atoms with E-state index in [9.17, 15) is 4.79 Å². The molecule has 0 atom stereocenters. The molecule has 26 heavy (non-hydrogen) atoms. The Kier molecular flexibility index (Phi) is 4.26. The molecule has 0 saturated carbocycles. The van der Waals surface area contributed by atoms with E-state index < -0.39 is 0 Å². The van der Waals surface area contributed by atoms with Crippen molar-refractivity contribution in [2.75, 3.05) is 7.11 Å². The maximum Gasteiger partial charge on any atom is 0.261 e. The maximum atomic E-state index is 12.6. The van der Waals surface area contributed by atoms with Crippen LogP contribution in [0, 0.1) is 0 Å². The van der Waals surface area contributed by atoms with E-state index in [0.29, 0.717) is 28.4 Å². The molecule has 130 valence electrons. The topological polar surface area (TPSA) is 83.0 Å². The maximum absolute atomic E-state index is 12.6. The van der Waals surface area contributed by atoms with E-state index in [1.54, 1.807) is 19.2 Å². The van der Waals surface area contributed by atoms with Gasteiger partial charge in [-0.2, -0.15) is 4.98 Å². The second kappa shape index (κ2) is 6.72. The van der Waals surface area contributed by atoms with Crippen LogP contribution in [0.2, 0.25) is 0 Å². The molecular formula is C18H13BrN4O3. The van der Waals surface area contributed by atoms with E-state index in [0.717, 1.165) is 10.0 Å². The third-order valence-corrected chi connectivity index (χ3v) is 4.38. The Morgan fingerprint density at radius 2 is 2.12 bits per heavy atom. The fraction of sp³-hybridized carbons (Fsp3) is 0.111. The first kappa shape index (κ1) is 16.5. The van der Waals surface area contributed by atoms with Crippen LogP contribution in [0.3, 0.4) is 0 Å². The summed E-state index contributed by atoms with van der Waals surface area (Å²) < 4.78 is 12.8. The molecule has 2 aromatic heterocycles. The number of fused-ring (bicyclic) bond motifs is 1. The van der Waals surface area contributed by atoms with Gasteiger partial charge in [0, 0.05) is 10.0 Å². The van der Waals surface area contributed by atoms with E-state index in [1.807, 2.05) is 30.3 Å². The molecule has 0 fully saturated rings. The first-order valence-electron chi connectivity index (χ1n) is 7.76. The molecule has 0 amide bonds. The van der Waals surface area contributed by atoms with E-state index in [4.69, 9.17) is 9.26 Å². The second-order valence-electron chi connectivity index (χ2n) is 5.58. The van der Waals surface area contributed by atoms with Crippen molar-refractivity contribution in [2.24, 2.45) is 0 Å². The van der Waals surface area contributed by atoms with Gasteiger partial charge in [-0.15, -0.1) is 0 Å². The fourth-order valence-corrected chi connectivity index (χ4v) is 2.95. The Morgan fingerprint density at radius 3 is 2.96 bits per heavy atom.